The molecule has 1 aromatic carbocycles. The number of amides is 1. The highest BCUT2D eigenvalue weighted by molar-refractivity contribution is 7.10. The molecule has 0 saturated carbocycles. The maximum atomic E-state index is 11.7. The Balaban J connectivity index is 1.55. The van der Waals surface area contributed by atoms with Crippen LogP contribution in [0.25, 0.3) is 11.3 Å². The minimum Gasteiger partial charge on any atom is -0.350 e. The third kappa shape index (κ3) is 3.53. The number of hydrogen-bond donors (Lipinski definition) is 1. The molecule has 4 nitrogen and oxygen atoms in total. The van der Waals surface area contributed by atoms with Gasteiger partial charge in [0.1, 0.15) is 5.69 Å². The number of carbonyl (C=O) groups excluding carboxylic acids is 1. The van der Waals surface area contributed by atoms with Crippen LogP contribution in [0, 0.1) is 0 Å². The maximum Gasteiger partial charge on any atom is 0.270 e. The molecule has 0 saturated heterocycles. The summed E-state index contributed by atoms with van der Waals surface area (Å²) < 4.78 is 0. The van der Waals surface area contributed by atoms with Crippen molar-refractivity contribution in [1.29, 1.82) is 0 Å². The predicted octanol–water partition coefficient (Wildman–Crippen LogP) is 3.24. The van der Waals surface area contributed by atoms with Gasteiger partial charge in [-0.25, -0.2) is 9.97 Å². The van der Waals surface area contributed by atoms with E-state index in [-0.39, 0.29) is 5.91 Å². The number of carbonyl (C=O) groups is 1. The number of thiazole rings is 2. The topological polar surface area (TPSA) is 54.9 Å². The Hall–Kier alpha value is -2.05. The highest BCUT2D eigenvalue weighted by Crippen LogP contribution is 2.21. The van der Waals surface area contributed by atoms with Gasteiger partial charge in [-0.15, -0.1) is 22.7 Å². The van der Waals surface area contributed by atoms with E-state index >= 15 is 0 Å². The number of hydrogen-bond acceptors (Lipinski definition) is 5. The summed E-state index contributed by atoms with van der Waals surface area (Å²) >= 11 is 3.03. The molecule has 0 spiro atoms. The second-order valence-electron chi connectivity index (χ2n) is 4.37. The zero-order chi connectivity index (χ0) is 14.5. The monoisotopic (exact) mass is 315 g/mol. The summed E-state index contributed by atoms with van der Waals surface area (Å²) in [6.07, 6.45) is 0.730. The predicted molar refractivity (Wildman–Crippen MR) is 85.7 cm³/mol. The minimum absolute atomic E-state index is 0.129. The summed E-state index contributed by atoms with van der Waals surface area (Å²) in [5.74, 6) is -0.129. The summed E-state index contributed by atoms with van der Waals surface area (Å²) in [7, 11) is 0. The average molecular weight is 315 g/mol. The van der Waals surface area contributed by atoms with E-state index in [0.717, 1.165) is 22.7 Å². The summed E-state index contributed by atoms with van der Waals surface area (Å²) in [6, 6.07) is 10.1. The zero-order valence-corrected chi connectivity index (χ0v) is 12.8. The van der Waals surface area contributed by atoms with Gasteiger partial charge in [0.2, 0.25) is 0 Å². The van der Waals surface area contributed by atoms with Crippen LogP contribution in [-0.2, 0) is 6.42 Å². The van der Waals surface area contributed by atoms with Gasteiger partial charge in [-0.1, -0.05) is 30.3 Å². The summed E-state index contributed by atoms with van der Waals surface area (Å²) in [6.45, 7) is 0.568. The van der Waals surface area contributed by atoms with Crippen molar-refractivity contribution in [2.75, 3.05) is 6.54 Å². The zero-order valence-electron chi connectivity index (χ0n) is 11.2. The molecule has 1 amide bonds. The van der Waals surface area contributed by atoms with E-state index in [2.05, 4.69) is 15.3 Å². The number of benzene rings is 1. The van der Waals surface area contributed by atoms with Crippen molar-refractivity contribution >= 4 is 28.6 Å². The maximum absolute atomic E-state index is 11.7. The molecule has 0 aliphatic heterocycles. The molecule has 0 atom stereocenters. The Labute approximate surface area is 130 Å². The molecule has 1 N–H and O–H groups in total. The van der Waals surface area contributed by atoms with Crippen molar-refractivity contribution in [2.45, 2.75) is 6.42 Å². The molecule has 3 rings (SSSR count). The molecular weight excluding hydrogens is 302 g/mol. The molecule has 2 heterocycles. The number of aromatic nitrogens is 2. The average Bonchev–Trinajstić information content (AvgIpc) is 3.20. The van der Waals surface area contributed by atoms with Gasteiger partial charge in [-0.3, -0.25) is 4.79 Å². The molecule has 6 heteroatoms. The van der Waals surface area contributed by atoms with Crippen LogP contribution in [0.5, 0.6) is 0 Å². The molecule has 2 aromatic heterocycles. The van der Waals surface area contributed by atoms with Gasteiger partial charge in [-0.05, 0) is 0 Å². The first-order valence-corrected chi connectivity index (χ1v) is 8.31. The Morgan fingerprint density at radius 3 is 2.81 bits per heavy atom. The Kier molecular flexibility index (Phi) is 4.37. The molecule has 3 aromatic rings. The second kappa shape index (κ2) is 6.60. The molecule has 21 heavy (non-hydrogen) atoms. The van der Waals surface area contributed by atoms with Crippen molar-refractivity contribution in [3.05, 3.63) is 57.3 Å². The third-order valence-electron chi connectivity index (χ3n) is 2.91. The lowest BCUT2D eigenvalue weighted by molar-refractivity contribution is 0.0950. The van der Waals surface area contributed by atoms with Crippen LogP contribution in [0.3, 0.4) is 0 Å². The Morgan fingerprint density at radius 1 is 1.19 bits per heavy atom. The highest BCUT2D eigenvalue weighted by Gasteiger charge is 2.08. The van der Waals surface area contributed by atoms with Gasteiger partial charge < -0.3 is 5.32 Å². The number of rotatable bonds is 5. The molecule has 0 fully saturated rings. The van der Waals surface area contributed by atoms with Crippen molar-refractivity contribution in [2.24, 2.45) is 0 Å². The Bertz CT molecular complexity index is 708. The highest BCUT2D eigenvalue weighted by atomic mass is 32.1. The van der Waals surface area contributed by atoms with Gasteiger partial charge in [0.15, 0.2) is 0 Å². The normalized spacial score (nSPS) is 10.5. The molecule has 0 aliphatic rings. The van der Waals surface area contributed by atoms with Gasteiger partial charge in [0, 0.05) is 29.3 Å². The summed E-state index contributed by atoms with van der Waals surface area (Å²) in [5.41, 5.74) is 4.24. The van der Waals surface area contributed by atoms with Crippen LogP contribution in [-0.4, -0.2) is 22.4 Å². The van der Waals surface area contributed by atoms with E-state index in [1.165, 1.54) is 11.3 Å². The van der Waals surface area contributed by atoms with Crippen molar-refractivity contribution in [1.82, 2.24) is 15.3 Å². The van der Waals surface area contributed by atoms with E-state index in [9.17, 15) is 4.79 Å². The lowest BCUT2D eigenvalue weighted by Gasteiger charge is -2.00. The number of nitrogens with one attached hydrogen (secondary N) is 1. The third-order valence-corrected chi connectivity index (χ3v) is 4.41. The molecular formula is C15H13N3OS2. The molecule has 0 radical (unpaired) electrons. The standard InChI is InChI=1S/C15H13N3OS2/c19-15(13-8-20-10-17-13)16-7-6-14-18-12(9-21-14)11-4-2-1-3-5-11/h1-5,8-10H,6-7H2,(H,16,19). The summed E-state index contributed by atoms with van der Waals surface area (Å²) in [4.78, 5) is 20.3. The fourth-order valence-corrected chi connectivity index (χ4v) is 3.20. The van der Waals surface area contributed by atoms with Crippen LogP contribution in [0.1, 0.15) is 15.5 Å². The van der Waals surface area contributed by atoms with Crippen LogP contribution in [0.2, 0.25) is 0 Å². The van der Waals surface area contributed by atoms with Crippen molar-refractivity contribution in [3.63, 3.8) is 0 Å². The lowest BCUT2D eigenvalue weighted by Crippen LogP contribution is -2.25. The minimum atomic E-state index is -0.129. The number of nitrogens with zero attached hydrogens (tertiary/aromatic N) is 2. The largest absolute Gasteiger partial charge is 0.350 e. The van der Waals surface area contributed by atoms with Crippen LogP contribution in [0.15, 0.2) is 46.6 Å². The fraction of sp³-hybridized carbons (Fsp3) is 0.133. The lowest BCUT2D eigenvalue weighted by atomic mass is 10.2. The van der Waals surface area contributed by atoms with E-state index in [4.69, 9.17) is 0 Å². The smallest absolute Gasteiger partial charge is 0.270 e. The molecule has 106 valence electrons. The van der Waals surface area contributed by atoms with E-state index < -0.39 is 0 Å². The van der Waals surface area contributed by atoms with Crippen LogP contribution < -0.4 is 5.32 Å². The van der Waals surface area contributed by atoms with Crippen molar-refractivity contribution < 1.29 is 4.79 Å². The van der Waals surface area contributed by atoms with Gasteiger partial charge >= 0.3 is 0 Å². The van der Waals surface area contributed by atoms with Gasteiger partial charge in [-0.2, -0.15) is 0 Å². The molecule has 0 aliphatic carbocycles. The summed E-state index contributed by atoms with van der Waals surface area (Å²) in [5, 5.41) is 7.67. The second-order valence-corrected chi connectivity index (χ2v) is 6.03. The SMILES string of the molecule is O=C(NCCc1nc(-c2ccccc2)cs1)c1cscn1. The molecule has 0 bridgehead atoms. The Morgan fingerprint density at radius 2 is 2.05 bits per heavy atom. The van der Waals surface area contributed by atoms with E-state index in [0.29, 0.717) is 12.2 Å². The van der Waals surface area contributed by atoms with Crippen LogP contribution in [0.4, 0.5) is 0 Å². The molecule has 0 unspecified atom stereocenters. The fourth-order valence-electron chi connectivity index (χ4n) is 1.87. The van der Waals surface area contributed by atoms with E-state index in [1.807, 2.05) is 35.7 Å². The van der Waals surface area contributed by atoms with Crippen molar-refractivity contribution in [3.8, 4) is 11.3 Å². The first kappa shape index (κ1) is 13.9. The van der Waals surface area contributed by atoms with Crippen LogP contribution >= 0.6 is 22.7 Å². The van der Waals surface area contributed by atoms with Gasteiger partial charge in [0.25, 0.3) is 5.91 Å². The first-order valence-electron chi connectivity index (χ1n) is 6.49. The first-order chi connectivity index (χ1) is 10.3. The quantitative estimate of drug-likeness (QED) is 0.786. The van der Waals surface area contributed by atoms with E-state index in [1.54, 1.807) is 22.2 Å². The van der Waals surface area contributed by atoms with Gasteiger partial charge in [0.05, 0.1) is 16.2 Å².